The van der Waals surface area contributed by atoms with E-state index >= 15 is 0 Å². The van der Waals surface area contributed by atoms with E-state index in [0.717, 1.165) is 0 Å². The molecule has 1 aromatic heterocycles. The molecule has 7 nitrogen and oxygen atoms in total. The molecule has 33 heavy (non-hydrogen) atoms. The van der Waals surface area contributed by atoms with E-state index < -0.39 is 5.97 Å². The summed E-state index contributed by atoms with van der Waals surface area (Å²) in [5.41, 5.74) is 1.53. The van der Waals surface area contributed by atoms with Crippen LogP contribution in [0.4, 0.5) is 0 Å². The number of esters is 1. The fourth-order valence-corrected chi connectivity index (χ4v) is 3.59. The van der Waals surface area contributed by atoms with Crippen LogP contribution >= 0.6 is 0 Å². The van der Waals surface area contributed by atoms with Crippen molar-refractivity contribution in [3.8, 4) is 34.1 Å². The first-order valence-corrected chi connectivity index (χ1v) is 10.1. The number of fused-ring (bicyclic) bond motifs is 1. The van der Waals surface area contributed by atoms with Gasteiger partial charge >= 0.3 is 5.97 Å². The molecule has 0 aliphatic rings. The molecule has 0 unspecified atom stereocenters. The second kappa shape index (κ2) is 9.08. The van der Waals surface area contributed by atoms with Gasteiger partial charge in [0.2, 0.25) is 5.43 Å². The lowest BCUT2D eigenvalue weighted by Crippen LogP contribution is -2.10. The van der Waals surface area contributed by atoms with E-state index in [2.05, 4.69) is 0 Å². The average molecular weight is 446 g/mol. The van der Waals surface area contributed by atoms with Gasteiger partial charge in [0.1, 0.15) is 22.8 Å². The molecule has 0 aliphatic carbocycles. The fourth-order valence-electron chi connectivity index (χ4n) is 3.59. The predicted octanol–water partition coefficient (Wildman–Crippen LogP) is 5.01. The van der Waals surface area contributed by atoms with Crippen LogP contribution in [0.2, 0.25) is 0 Å². The molecule has 0 atom stereocenters. The molecule has 0 bridgehead atoms. The maximum absolute atomic E-state index is 13.3. The fraction of sp³-hybridized carbons (Fsp3) is 0.154. The normalized spacial score (nSPS) is 10.7. The lowest BCUT2D eigenvalue weighted by Gasteiger charge is -2.12. The van der Waals surface area contributed by atoms with Crippen LogP contribution in [0.5, 0.6) is 23.0 Å². The highest BCUT2D eigenvalue weighted by Gasteiger charge is 2.17. The van der Waals surface area contributed by atoms with Crippen LogP contribution in [-0.4, -0.2) is 27.3 Å². The molecule has 0 spiro atoms. The molecule has 0 N–H and O–H groups in total. The largest absolute Gasteiger partial charge is 0.497 e. The lowest BCUT2D eigenvalue weighted by atomic mass is 10.0. The Bertz CT molecular complexity index is 1400. The molecule has 4 aromatic rings. The zero-order chi connectivity index (χ0) is 23.5. The molecule has 7 heteroatoms. The van der Waals surface area contributed by atoms with Crippen molar-refractivity contribution >= 4 is 16.9 Å². The predicted molar refractivity (Wildman–Crippen MR) is 124 cm³/mol. The van der Waals surface area contributed by atoms with Gasteiger partial charge in [-0.25, -0.2) is 4.79 Å². The Morgan fingerprint density at radius 3 is 2.33 bits per heavy atom. The Morgan fingerprint density at radius 1 is 0.818 bits per heavy atom. The second-order valence-corrected chi connectivity index (χ2v) is 7.21. The minimum absolute atomic E-state index is 0.202. The molecular formula is C26H22O7. The Labute approximate surface area is 190 Å². The number of rotatable bonds is 6. The highest BCUT2D eigenvalue weighted by molar-refractivity contribution is 5.92. The van der Waals surface area contributed by atoms with E-state index in [9.17, 15) is 9.59 Å². The monoisotopic (exact) mass is 446 g/mol. The molecule has 168 valence electrons. The van der Waals surface area contributed by atoms with E-state index in [0.29, 0.717) is 50.7 Å². The third kappa shape index (κ3) is 4.25. The van der Waals surface area contributed by atoms with Gasteiger partial charge in [-0.1, -0.05) is 12.1 Å². The van der Waals surface area contributed by atoms with Gasteiger partial charge < -0.3 is 23.4 Å². The van der Waals surface area contributed by atoms with Crippen LogP contribution in [0.3, 0.4) is 0 Å². The van der Waals surface area contributed by atoms with Crippen LogP contribution < -0.4 is 24.4 Å². The van der Waals surface area contributed by atoms with Crippen LogP contribution in [0.25, 0.3) is 22.1 Å². The van der Waals surface area contributed by atoms with Gasteiger partial charge in [-0.15, -0.1) is 0 Å². The smallest absolute Gasteiger partial charge is 0.343 e. The molecule has 0 aliphatic heterocycles. The van der Waals surface area contributed by atoms with Crippen LogP contribution in [0.1, 0.15) is 16.1 Å². The number of aryl methyl sites for hydroxylation is 1. The second-order valence-electron chi connectivity index (χ2n) is 7.21. The van der Waals surface area contributed by atoms with Gasteiger partial charge in [0.05, 0.1) is 37.8 Å². The minimum Gasteiger partial charge on any atom is -0.497 e. The van der Waals surface area contributed by atoms with Crippen molar-refractivity contribution in [3.63, 3.8) is 0 Å². The zero-order valence-electron chi connectivity index (χ0n) is 18.6. The van der Waals surface area contributed by atoms with Gasteiger partial charge in [0.15, 0.2) is 11.5 Å². The van der Waals surface area contributed by atoms with Gasteiger partial charge in [0, 0.05) is 6.07 Å². The summed E-state index contributed by atoms with van der Waals surface area (Å²) in [6, 6.07) is 16.6. The number of carbonyl (C=O) groups is 1. The number of ether oxygens (including phenoxy) is 4. The summed E-state index contributed by atoms with van der Waals surface area (Å²) in [6.45, 7) is 1.71. The third-order valence-corrected chi connectivity index (χ3v) is 5.23. The first-order valence-electron chi connectivity index (χ1n) is 10.1. The van der Waals surface area contributed by atoms with Crippen LogP contribution in [0.15, 0.2) is 69.9 Å². The van der Waals surface area contributed by atoms with E-state index in [4.69, 9.17) is 23.4 Å². The molecule has 1 heterocycles. The molecular weight excluding hydrogens is 424 g/mol. The molecule has 4 rings (SSSR count). The highest BCUT2D eigenvalue weighted by atomic mass is 16.5. The van der Waals surface area contributed by atoms with Crippen molar-refractivity contribution in [2.45, 2.75) is 6.92 Å². The minimum atomic E-state index is -0.547. The molecule has 0 saturated heterocycles. The van der Waals surface area contributed by atoms with Crippen molar-refractivity contribution < 1.29 is 28.2 Å². The Balaban J connectivity index is 1.70. The number of carbonyl (C=O) groups excluding carboxylic acids is 1. The summed E-state index contributed by atoms with van der Waals surface area (Å²) < 4.78 is 27.2. The number of methoxy groups -OCH3 is 3. The summed E-state index contributed by atoms with van der Waals surface area (Å²) >= 11 is 0. The summed E-state index contributed by atoms with van der Waals surface area (Å²) in [5.74, 6) is 1.76. The maximum Gasteiger partial charge on any atom is 0.343 e. The first-order chi connectivity index (χ1) is 15.9. The van der Waals surface area contributed by atoms with Crippen molar-refractivity contribution in [2.24, 2.45) is 0 Å². The molecule has 0 saturated carbocycles. The summed E-state index contributed by atoms with van der Waals surface area (Å²) in [4.78, 5) is 25.8. The molecule has 0 radical (unpaired) electrons. The zero-order valence-corrected chi connectivity index (χ0v) is 18.6. The standard InChI is InChI=1S/C26H22O7/c1-15-24(16-8-11-21(30-3)23(13-16)31-4)25(27)20-10-9-19(14-22(20)32-15)33-26(28)17-6-5-7-18(12-17)29-2/h5-14H,1-4H3. The SMILES string of the molecule is COc1cccc(C(=O)Oc2ccc3c(=O)c(-c4ccc(OC)c(OC)c4)c(C)oc3c2)c1. The van der Waals surface area contributed by atoms with E-state index in [-0.39, 0.29) is 11.2 Å². The van der Waals surface area contributed by atoms with E-state index in [1.54, 1.807) is 68.6 Å². The lowest BCUT2D eigenvalue weighted by molar-refractivity contribution is 0.0734. The van der Waals surface area contributed by atoms with Crippen molar-refractivity contribution in [2.75, 3.05) is 21.3 Å². The van der Waals surface area contributed by atoms with Crippen molar-refractivity contribution in [1.29, 1.82) is 0 Å². The topological polar surface area (TPSA) is 84.2 Å². The first kappa shape index (κ1) is 22.0. The van der Waals surface area contributed by atoms with Crippen LogP contribution in [0, 0.1) is 6.92 Å². The molecule has 3 aromatic carbocycles. The van der Waals surface area contributed by atoms with Gasteiger partial charge in [-0.3, -0.25) is 4.79 Å². The Hall–Kier alpha value is -4.26. The summed E-state index contributed by atoms with van der Waals surface area (Å²) in [6.07, 6.45) is 0. The van der Waals surface area contributed by atoms with E-state index in [1.165, 1.54) is 20.3 Å². The van der Waals surface area contributed by atoms with Gasteiger partial charge in [0.25, 0.3) is 0 Å². The van der Waals surface area contributed by atoms with Crippen molar-refractivity contribution in [1.82, 2.24) is 0 Å². The van der Waals surface area contributed by atoms with Crippen molar-refractivity contribution in [3.05, 3.63) is 82.2 Å². The Kier molecular flexibility index (Phi) is 6.04. The average Bonchev–Trinajstić information content (AvgIpc) is 2.83. The molecule has 0 fully saturated rings. The quantitative estimate of drug-likeness (QED) is 0.304. The maximum atomic E-state index is 13.3. The summed E-state index contributed by atoms with van der Waals surface area (Å²) in [5, 5.41) is 0.367. The van der Waals surface area contributed by atoms with Crippen LogP contribution in [-0.2, 0) is 0 Å². The molecule has 0 amide bonds. The van der Waals surface area contributed by atoms with Gasteiger partial charge in [-0.2, -0.15) is 0 Å². The third-order valence-electron chi connectivity index (χ3n) is 5.23. The number of benzene rings is 3. The van der Waals surface area contributed by atoms with E-state index in [1.807, 2.05) is 0 Å². The number of hydrogen-bond donors (Lipinski definition) is 0. The van der Waals surface area contributed by atoms with Gasteiger partial charge in [-0.05, 0) is 55.0 Å². The summed E-state index contributed by atoms with van der Waals surface area (Å²) in [7, 11) is 4.60. The highest BCUT2D eigenvalue weighted by Crippen LogP contribution is 2.33. The number of hydrogen-bond acceptors (Lipinski definition) is 7. The Morgan fingerprint density at radius 2 is 1.61 bits per heavy atom.